The van der Waals surface area contributed by atoms with Crippen molar-refractivity contribution in [2.75, 3.05) is 6.61 Å². The molecular formula is C18H19N3O5. The maximum Gasteiger partial charge on any atom is 0.282 e. The minimum absolute atomic E-state index is 0.149. The number of hydrogen-bond acceptors (Lipinski definition) is 5. The van der Waals surface area contributed by atoms with Crippen molar-refractivity contribution in [1.82, 2.24) is 10.9 Å². The summed E-state index contributed by atoms with van der Waals surface area (Å²) in [6, 6.07) is 12.8. The molecule has 2 N–H and O–H groups in total. The number of hydrogen-bond donors (Lipinski definition) is 2. The Labute approximate surface area is 150 Å². The van der Waals surface area contributed by atoms with Crippen LogP contribution < -0.4 is 15.6 Å². The molecule has 26 heavy (non-hydrogen) atoms. The van der Waals surface area contributed by atoms with Crippen LogP contribution in [0, 0.1) is 10.1 Å². The number of hydrazine groups is 1. The number of nitrogens with one attached hydrogen (secondary N) is 2. The Balaban J connectivity index is 1.92. The normalized spacial score (nSPS) is 10.3. The second-order valence-electron chi connectivity index (χ2n) is 5.76. The van der Waals surface area contributed by atoms with Crippen LogP contribution in [0.25, 0.3) is 0 Å². The van der Waals surface area contributed by atoms with Crippen LogP contribution in [0.2, 0.25) is 0 Å². The SMILES string of the molecule is CC(C)c1ccccc1OCC(=O)NNC(=O)c1ccccc1[N+](=O)[O-]. The van der Waals surface area contributed by atoms with E-state index in [1.807, 2.05) is 26.0 Å². The highest BCUT2D eigenvalue weighted by Gasteiger charge is 2.19. The smallest absolute Gasteiger partial charge is 0.282 e. The van der Waals surface area contributed by atoms with Crippen molar-refractivity contribution >= 4 is 17.5 Å². The molecule has 8 heteroatoms. The molecule has 0 spiro atoms. The molecule has 2 aromatic carbocycles. The van der Waals surface area contributed by atoms with Gasteiger partial charge in [-0.3, -0.25) is 30.6 Å². The summed E-state index contributed by atoms with van der Waals surface area (Å²) in [6.07, 6.45) is 0. The lowest BCUT2D eigenvalue weighted by molar-refractivity contribution is -0.385. The second-order valence-corrected chi connectivity index (χ2v) is 5.76. The van der Waals surface area contributed by atoms with Crippen LogP contribution in [0.15, 0.2) is 48.5 Å². The molecule has 0 heterocycles. The molecule has 0 unspecified atom stereocenters. The largest absolute Gasteiger partial charge is 0.483 e. The number of carbonyl (C=O) groups excluding carboxylic acids is 2. The first-order valence-electron chi connectivity index (χ1n) is 7.94. The number of ether oxygens (including phenoxy) is 1. The number of nitrogens with zero attached hydrogens (tertiary/aromatic N) is 1. The predicted octanol–water partition coefficient (Wildman–Crippen LogP) is 2.56. The molecular weight excluding hydrogens is 338 g/mol. The topological polar surface area (TPSA) is 111 Å². The summed E-state index contributed by atoms with van der Waals surface area (Å²) in [5, 5.41) is 10.9. The molecule has 0 aliphatic heterocycles. The van der Waals surface area contributed by atoms with Crippen LogP contribution in [0.4, 0.5) is 5.69 Å². The Kier molecular flexibility index (Phi) is 6.26. The standard InChI is InChI=1S/C18H19N3O5/c1-12(2)13-7-4-6-10-16(13)26-11-17(22)19-20-18(23)14-8-3-5-9-15(14)21(24)25/h3-10,12H,11H2,1-2H3,(H,19,22)(H,20,23). The molecule has 8 nitrogen and oxygen atoms in total. The van der Waals surface area contributed by atoms with Crippen LogP contribution in [-0.4, -0.2) is 23.3 Å². The number of rotatable bonds is 6. The van der Waals surface area contributed by atoms with E-state index in [9.17, 15) is 19.7 Å². The summed E-state index contributed by atoms with van der Waals surface area (Å²) in [4.78, 5) is 34.2. The van der Waals surface area contributed by atoms with Gasteiger partial charge in [0.15, 0.2) is 6.61 Å². The first-order valence-corrected chi connectivity index (χ1v) is 7.94. The highest BCUT2D eigenvalue weighted by molar-refractivity contribution is 5.99. The van der Waals surface area contributed by atoms with E-state index in [2.05, 4.69) is 10.9 Å². The Bertz CT molecular complexity index is 820. The zero-order chi connectivity index (χ0) is 19.1. The Morgan fingerprint density at radius 2 is 1.73 bits per heavy atom. The van der Waals surface area contributed by atoms with Crippen molar-refractivity contribution in [1.29, 1.82) is 0 Å². The fraction of sp³-hybridized carbons (Fsp3) is 0.222. The average Bonchev–Trinajstić information content (AvgIpc) is 2.64. The zero-order valence-electron chi connectivity index (χ0n) is 14.4. The van der Waals surface area contributed by atoms with Gasteiger partial charge in [-0.25, -0.2) is 0 Å². The van der Waals surface area contributed by atoms with Gasteiger partial charge in [0.2, 0.25) is 0 Å². The van der Waals surface area contributed by atoms with Crippen molar-refractivity contribution in [2.45, 2.75) is 19.8 Å². The Hall–Kier alpha value is -3.42. The van der Waals surface area contributed by atoms with Crippen LogP contribution >= 0.6 is 0 Å². The Morgan fingerprint density at radius 1 is 1.08 bits per heavy atom. The van der Waals surface area contributed by atoms with E-state index in [0.717, 1.165) is 5.56 Å². The molecule has 0 saturated heterocycles. The molecule has 0 saturated carbocycles. The van der Waals surface area contributed by atoms with Crippen molar-refractivity contribution in [3.8, 4) is 5.75 Å². The maximum atomic E-state index is 12.0. The molecule has 2 amide bonds. The number of amides is 2. The number of para-hydroxylation sites is 2. The summed E-state index contributed by atoms with van der Waals surface area (Å²) in [5.41, 5.74) is 4.79. The maximum absolute atomic E-state index is 12.0. The van der Waals surface area contributed by atoms with Gasteiger partial charge in [0.1, 0.15) is 11.3 Å². The van der Waals surface area contributed by atoms with Gasteiger partial charge in [0.25, 0.3) is 17.5 Å². The van der Waals surface area contributed by atoms with Crippen LogP contribution in [0.3, 0.4) is 0 Å². The Morgan fingerprint density at radius 3 is 2.42 bits per heavy atom. The lowest BCUT2D eigenvalue weighted by Crippen LogP contribution is -2.44. The third-order valence-corrected chi connectivity index (χ3v) is 3.56. The van der Waals surface area contributed by atoms with Gasteiger partial charge >= 0.3 is 0 Å². The molecule has 136 valence electrons. The monoisotopic (exact) mass is 357 g/mol. The molecule has 2 aromatic rings. The number of nitro groups is 1. The van der Waals surface area contributed by atoms with Crippen molar-refractivity contribution < 1.29 is 19.2 Å². The van der Waals surface area contributed by atoms with Crippen LogP contribution in [0.5, 0.6) is 5.75 Å². The molecule has 2 rings (SSSR count). The fourth-order valence-corrected chi connectivity index (χ4v) is 2.29. The quantitative estimate of drug-likeness (QED) is 0.610. The van der Waals surface area contributed by atoms with Crippen molar-refractivity contribution in [3.63, 3.8) is 0 Å². The summed E-state index contributed by atoms with van der Waals surface area (Å²) in [7, 11) is 0. The lowest BCUT2D eigenvalue weighted by Gasteiger charge is -2.14. The van der Waals surface area contributed by atoms with Gasteiger partial charge in [-0.2, -0.15) is 0 Å². The van der Waals surface area contributed by atoms with Gasteiger partial charge in [-0.15, -0.1) is 0 Å². The molecule has 0 bridgehead atoms. The van der Waals surface area contributed by atoms with E-state index in [1.54, 1.807) is 12.1 Å². The lowest BCUT2D eigenvalue weighted by atomic mass is 10.0. The van der Waals surface area contributed by atoms with Crippen molar-refractivity contribution in [2.24, 2.45) is 0 Å². The number of benzene rings is 2. The molecule has 0 atom stereocenters. The van der Waals surface area contributed by atoms with E-state index < -0.39 is 16.7 Å². The average molecular weight is 357 g/mol. The predicted molar refractivity (Wildman–Crippen MR) is 94.7 cm³/mol. The molecule has 0 aliphatic rings. The first kappa shape index (κ1) is 18.9. The summed E-state index contributed by atoms with van der Waals surface area (Å²) >= 11 is 0. The van der Waals surface area contributed by atoms with E-state index in [1.165, 1.54) is 24.3 Å². The highest BCUT2D eigenvalue weighted by Crippen LogP contribution is 2.25. The summed E-state index contributed by atoms with van der Waals surface area (Å²) in [5.74, 6) is -0.556. The minimum Gasteiger partial charge on any atom is -0.483 e. The molecule has 0 radical (unpaired) electrons. The molecule has 0 aliphatic carbocycles. The second kappa shape index (κ2) is 8.61. The first-order chi connectivity index (χ1) is 12.4. The fourth-order valence-electron chi connectivity index (χ4n) is 2.29. The van der Waals surface area contributed by atoms with Gasteiger partial charge in [-0.1, -0.05) is 44.2 Å². The van der Waals surface area contributed by atoms with Crippen LogP contribution in [-0.2, 0) is 4.79 Å². The minimum atomic E-state index is -0.784. The van der Waals surface area contributed by atoms with Gasteiger partial charge in [-0.05, 0) is 23.6 Å². The molecule has 0 fully saturated rings. The van der Waals surface area contributed by atoms with Gasteiger partial charge in [0, 0.05) is 6.07 Å². The summed E-state index contributed by atoms with van der Waals surface area (Å²) in [6.45, 7) is 3.71. The number of carbonyl (C=O) groups is 2. The van der Waals surface area contributed by atoms with E-state index in [-0.39, 0.29) is 23.8 Å². The van der Waals surface area contributed by atoms with Crippen molar-refractivity contribution in [3.05, 3.63) is 69.8 Å². The van der Waals surface area contributed by atoms with E-state index in [0.29, 0.717) is 5.75 Å². The molecule has 0 aromatic heterocycles. The highest BCUT2D eigenvalue weighted by atomic mass is 16.6. The number of nitro benzene ring substituents is 1. The van der Waals surface area contributed by atoms with Crippen LogP contribution in [0.1, 0.15) is 35.7 Å². The third kappa shape index (κ3) is 4.79. The van der Waals surface area contributed by atoms with Gasteiger partial charge in [0.05, 0.1) is 4.92 Å². The summed E-state index contributed by atoms with van der Waals surface area (Å²) < 4.78 is 5.49. The van der Waals surface area contributed by atoms with E-state index in [4.69, 9.17) is 4.74 Å². The zero-order valence-corrected chi connectivity index (χ0v) is 14.4. The third-order valence-electron chi connectivity index (χ3n) is 3.56. The van der Waals surface area contributed by atoms with E-state index >= 15 is 0 Å². The van der Waals surface area contributed by atoms with Gasteiger partial charge < -0.3 is 4.74 Å².